The van der Waals surface area contributed by atoms with Crippen LogP contribution in [0.2, 0.25) is 0 Å². The molecule has 1 saturated heterocycles. The van der Waals surface area contributed by atoms with Gasteiger partial charge in [-0.3, -0.25) is 4.79 Å². The van der Waals surface area contributed by atoms with Crippen LogP contribution in [0.25, 0.3) is 0 Å². The second-order valence-electron chi connectivity index (χ2n) is 5.71. The standard InChI is InChI=1S/C17H21NO4/c1-11(2)15(19)12(3)16(20)18-14(10-22-17(18)21)9-13-7-5-4-6-8-13/h4-8,12,14-15,19H,1,9-10H2,2-3H3/t12-,14-,15+/m1/s1. The van der Waals surface area contributed by atoms with Gasteiger partial charge in [-0.2, -0.15) is 0 Å². The Hall–Kier alpha value is -2.14. The highest BCUT2D eigenvalue weighted by Crippen LogP contribution is 2.22. The van der Waals surface area contributed by atoms with Crippen molar-refractivity contribution in [2.24, 2.45) is 5.92 Å². The van der Waals surface area contributed by atoms with Crippen LogP contribution >= 0.6 is 0 Å². The van der Waals surface area contributed by atoms with Crippen LogP contribution in [0.4, 0.5) is 4.79 Å². The fraction of sp³-hybridized carbons (Fsp3) is 0.412. The molecule has 0 saturated carbocycles. The molecule has 2 rings (SSSR count). The summed E-state index contributed by atoms with van der Waals surface area (Å²) in [5.74, 6) is -1.17. The van der Waals surface area contributed by atoms with Gasteiger partial charge < -0.3 is 9.84 Å². The fourth-order valence-electron chi connectivity index (χ4n) is 2.55. The van der Waals surface area contributed by atoms with Crippen LogP contribution in [0.15, 0.2) is 42.5 Å². The predicted molar refractivity (Wildman–Crippen MR) is 82.1 cm³/mol. The summed E-state index contributed by atoms with van der Waals surface area (Å²) < 4.78 is 5.02. The Bertz CT molecular complexity index is 569. The number of aliphatic hydroxyl groups excluding tert-OH is 1. The maximum Gasteiger partial charge on any atom is 0.416 e. The van der Waals surface area contributed by atoms with Crippen LogP contribution in [0.3, 0.4) is 0 Å². The number of carbonyl (C=O) groups excluding carboxylic acids is 2. The monoisotopic (exact) mass is 303 g/mol. The van der Waals surface area contributed by atoms with E-state index >= 15 is 0 Å². The number of benzene rings is 1. The van der Waals surface area contributed by atoms with Gasteiger partial charge in [-0.1, -0.05) is 49.4 Å². The highest BCUT2D eigenvalue weighted by Gasteiger charge is 2.41. The fourth-order valence-corrected chi connectivity index (χ4v) is 2.55. The van der Waals surface area contributed by atoms with E-state index in [1.165, 1.54) is 0 Å². The first-order valence-electron chi connectivity index (χ1n) is 7.29. The molecule has 2 amide bonds. The lowest BCUT2D eigenvalue weighted by molar-refractivity contribution is -0.135. The van der Waals surface area contributed by atoms with Crippen molar-refractivity contribution in [2.45, 2.75) is 32.4 Å². The molecular formula is C17H21NO4. The molecule has 1 aromatic rings. The number of ether oxygens (including phenoxy) is 1. The number of carbonyl (C=O) groups is 2. The zero-order valence-corrected chi connectivity index (χ0v) is 12.9. The summed E-state index contributed by atoms with van der Waals surface area (Å²) in [4.78, 5) is 25.5. The van der Waals surface area contributed by atoms with Gasteiger partial charge in [0.2, 0.25) is 5.91 Å². The second-order valence-corrected chi connectivity index (χ2v) is 5.71. The lowest BCUT2D eigenvalue weighted by Gasteiger charge is -2.25. The summed E-state index contributed by atoms with van der Waals surface area (Å²) in [5.41, 5.74) is 1.52. The summed E-state index contributed by atoms with van der Waals surface area (Å²) in [5, 5.41) is 9.99. The van der Waals surface area contributed by atoms with E-state index in [2.05, 4.69) is 6.58 Å². The van der Waals surface area contributed by atoms with Gasteiger partial charge in [0.15, 0.2) is 0 Å². The Morgan fingerprint density at radius 3 is 2.68 bits per heavy atom. The van der Waals surface area contributed by atoms with Crippen molar-refractivity contribution >= 4 is 12.0 Å². The highest BCUT2D eigenvalue weighted by atomic mass is 16.6. The molecule has 1 aliphatic heterocycles. The molecule has 5 heteroatoms. The van der Waals surface area contributed by atoms with Gasteiger partial charge in [0, 0.05) is 0 Å². The zero-order valence-electron chi connectivity index (χ0n) is 12.9. The van der Waals surface area contributed by atoms with Gasteiger partial charge in [-0.15, -0.1) is 0 Å². The maximum atomic E-state index is 12.5. The number of hydrogen-bond acceptors (Lipinski definition) is 4. The van der Waals surface area contributed by atoms with E-state index in [0.29, 0.717) is 12.0 Å². The van der Waals surface area contributed by atoms with Crippen molar-refractivity contribution in [2.75, 3.05) is 6.61 Å². The number of hydrogen-bond donors (Lipinski definition) is 1. The minimum atomic E-state index is -0.974. The minimum Gasteiger partial charge on any atom is -0.447 e. The van der Waals surface area contributed by atoms with Gasteiger partial charge >= 0.3 is 6.09 Å². The summed E-state index contributed by atoms with van der Waals surface area (Å²) >= 11 is 0. The van der Waals surface area contributed by atoms with Crippen LogP contribution < -0.4 is 0 Å². The summed E-state index contributed by atoms with van der Waals surface area (Å²) in [6, 6.07) is 9.27. The molecule has 1 aliphatic rings. The molecule has 0 radical (unpaired) electrons. The Labute approximate surface area is 130 Å². The van der Waals surface area contributed by atoms with Crippen LogP contribution in [0.5, 0.6) is 0 Å². The molecule has 0 aromatic heterocycles. The zero-order chi connectivity index (χ0) is 16.3. The molecule has 0 bridgehead atoms. The molecule has 1 heterocycles. The van der Waals surface area contributed by atoms with E-state index in [-0.39, 0.29) is 12.6 Å². The van der Waals surface area contributed by atoms with Crippen molar-refractivity contribution in [1.82, 2.24) is 4.90 Å². The van der Waals surface area contributed by atoms with Gasteiger partial charge in [-0.05, 0) is 18.9 Å². The average Bonchev–Trinajstić information content (AvgIpc) is 2.86. The van der Waals surface area contributed by atoms with Gasteiger partial charge in [-0.25, -0.2) is 9.69 Å². The third-order valence-corrected chi connectivity index (χ3v) is 3.88. The largest absolute Gasteiger partial charge is 0.447 e. The van der Waals surface area contributed by atoms with E-state index in [9.17, 15) is 14.7 Å². The first kappa shape index (κ1) is 16.2. The van der Waals surface area contributed by atoms with E-state index in [1.54, 1.807) is 13.8 Å². The number of amides is 2. The van der Waals surface area contributed by atoms with Crippen molar-refractivity contribution in [3.63, 3.8) is 0 Å². The minimum absolute atomic E-state index is 0.176. The maximum absolute atomic E-state index is 12.5. The molecule has 0 unspecified atom stereocenters. The van der Waals surface area contributed by atoms with E-state index in [0.717, 1.165) is 10.5 Å². The van der Waals surface area contributed by atoms with Crippen LogP contribution in [-0.2, 0) is 16.0 Å². The van der Waals surface area contributed by atoms with E-state index in [1.807, 2.05) is 30.3 Å². The molecular weight excluding hydrogens is 282 g/mol. The number of rotatable bonds is 5. The average molecular weight is 303 g/mol. The molecule has 1 aromatic carbocycles. The SMILES string of the molecule is C=C(C)[C@H](O)[C@@H](C)C(=O)N1C(=O)OC[C@H]1Cc1ccccc1. The van der Waals surface area contributed by atoms with Gasteiger partial charge in [0.25, 0.3) is 0 Å². The third-order valence-electron chi connectivity index (χ3n) is 3.88. The number of imide groups is 1. The molecule has 22 heavy (non-hydrogen) atoms. The van der Waals surface area contributed by atoms with Crippen LogP contribution in [0, 0.1) is 5.92 Å². The normalized spacial score (nSPS) is 20.4. The second kappa shape index (κ2) is 6.75. The van der Waals surface area contributed by atoms with Crippen molar-refractivity contribution in [3.8, 4) is 0 Å². The Kier molecular flexibility index (Phi) is 4.98. The van der Waals surface area contributed by atoms with Gasteiger partial charge in [0.05, 0.1) is 18.1 Å². The first-order chi connectivity index (χ1) is 10.4. The lowest BCUT2D eigenvalue weighted by atomic mass is 9.97. The Morgan fingerprint density at radius 1 is 1.45 bits per heavy atom. The lowest BCUT2D eigenvalue weighted by Crippen LogP contribution is -2.45. The Morgan fingerprint density at radius 2 is 2.09 bits per heavy atom. The summed E-state index contributed by atoms with van der Waals surface area (Å²) in [6.45, 7) is 7.07. The van der Waals surface area contributed by atoms with Crippen molar-refractivity contribution in [1.29, 1.82) is 0 Å². The number of nitrogens with zero attached hydrogens (tertiary/aromatic N) is 1. The van der Waals surface area contributed by atoms with Crippen molar-refractivity contribution in [3.05, 3.63) is 48.0 Å². The highest BCUT2D eigenvalue weighted by molar-refractivity contribution is 5.95. The third kappa shape index (κ3) is 3.36. The Balaban J connectivity index is 2.14. The van der Waals surface area contributed by atoms with Crippen molar-refractivity contribution < 1.29 is 19.4 Å². The van der Waals surface area contributed by atoms with Crippen LogP contribution in [-0.4, -0.2) is 40.8 Å². The summed E-state index contributed by atoms with van der Waals surface area (Å²) in [7, 11) is 0. The number of aliphatic hydroxyl groups is 1. The molecule has 1 N–H and O–H groups in total. The molecule has 0 aliphatic carbocycles. The quantitative estimate of drug-likeness (QED) is 0.846. The summed E-state index contributed by atoms with van der Waals surface area (Å²) in [6.07, 6.45) is -1.08. The molecule has 1 fully saturated rings. The molecule has 5 nitrogen and oxygen atoms in total. The van der Waals surface area contributed by atoms with Gasteiger partial charge in [0.1, 0.15) is 6.61 Å². The van der Waals surface area contributed by atoms with E-state index < -0.39 is 24.0 Å². The molecule has 3 atom stereocenters. The molecule has 118 valence electrons. The molecule has 0 spiro atoms. The predicted octanol–water partition coefficient (Wildman–Crippen LogP) is 2.15. The number of cyclic esters (lactones) is 1. The van der Waals surface area contributed by atoms with E-state index in [4.69, 9.17) is 4.74 Å². The topological polar surface area (TPSA) is 66.8 Å². The first-order valence-corrected chi connectivity index (χ1v) is 7.29. The van der Waals surface area contributed by atoms with Crippen LogP contribution in [0.1, 0.15) is 19.4 Å². The smallest absolute Gasteiger partial charge is 0.416 e.